The number of benzene rings is 1. The number of carbonyl (C=O) groups is 1. The van der Waals surface area contributed by atoms with Crippen molar-refractivity contribution in [2.45, 2.75) is 6.54 Å². The summed E-state index contributed by atoms with van der Waals surface area (Å²) in [6.07, 6.45) is 3.57. The number of anilines is 1. The average Bonchev–Trinajstić information content (AvgIpc) is 3.09. The van der Waals surface area contributed by atoms with E-state index in [9.17, 15) is 4.79 Å². The molecule has 0 radical (unpaired) electrons. The number of hydrogen-bond donors (Lipinski definition) is 1. The van der Waals surface area contributed by atoms with Crippen molar-refractivity contribution in [3.05, 3.63) is 69.9 Å². The fraction of sp³-hybridized carbons (Fsp3) is 0.0667. The zero-order valence-corrected chi connectivity index (χ0v) is 13.4. The fourth-order valence-electron chi connectivity index (χ4n) is 2.01. The maximum Gasteiger partial charge on any atom is 0.274 e. The van der Waals surface area contributed by atoms with Crippen molar-refractivity contribution >= 4 is 38.3 Å². The molecule has 4 nitrogen and oxygen atoms in total. The molecule has 1 amide bonds. The van der Waals surface area contributed by atoms with Crippen LogP contribution < -0.4 is 5.32 Å². The molecular weight excluding hydrogens is 350 g/mol. The van der Waals surface area contributed by atoms with Gasteiger partial charge >= 0.3 is 0 Å². The Hall–Kier alpha value is -1.92. The van der Waals surface area contributed by atoms with E-state index in [0.717, 1.165) is 9.35 Å². The van der Waals surface area contributed by atoms with Crippen LogP contribution in [0.25, 0.3) is 0 Å². The Morgan fingerprint density at radius 2 is 2.05 bits per heavy atom. The maximum atomic E-state index is 12.3. The number of nitrogens with one attached hydrogen (secondary N) is 1. The van der Waals surface area contributed by atoms with Crippen LogP contribution in [0.5, 0.6) is 0 Å². The number of nitrogens with zero attached hydrogens (tertiary/aromatic N) is 2. The topological polar surface area (TPSA) is 46.9 Å². The summed E-state index contributed by atoms with van der Waals surface area (Å²) in [5.74, 6) is -0.155. The zero-order chi connectivity index (χ0) is 14.7. The Balaban J connectivity index is 1.77. The van der Waals surface area contributed by atoms with Crippen LogP contribution in [0.2, 0.25) is 0 Å². The van der Waals surface area contributed by atoms with Gasteiger partial charge in [-0.1, -0.05) is 41.7 Å². The largest absolute Gasteiger partial charge is 0.339 e. The van der Waals surface area contributed by atoms with Gasteiger partial charge in [0.2, 0.25) is 0 Å². The molecule has 0 bridgehead atoms. The number of aromatic nitrogens is 2. The Morgan fingerprint density at radius 3 is 2.76 bits per heavy atom. The third-order valence-corrected chi connectivity index (χ3v) is 4.35. The van der Waals surface area contributed by atoms with E-state index >= 15 is 0 Å². The van der Waals surface area contributed by atoms with Crippen LogP contribution in [0.3, 0.4) is 0 Å². The highest BCUT2D eigenvalue weighted by molar-refractivity contribution is 9.11. The maximum absolute atomic E-state index is 12.3. The van der Waals surface area contributed by atoms with Gasteiger partial charge in [0.25, 0.3) is 5.91 Å². The Labute approximate surface area is 134 Å². The van der Waals surface area contributed by atoms with Crippen LogP contribution >= 0.6 is 27.3 Å². The van der Waals surface area contributed by atoms with Gasteiger partial charge in [0.1, 0.15) is 5.69 Å². The Morgan fingerprint density at radius 1 is 1.24 bits per heavy atom. The van der Waals surface area contributed by atoms with Crippen LogP contribution in [0, 0.1) is 0 Å². The van der Waals surface area contributed by atoms with Gasteiger partial charge in [-0.05, 0) is 33.6 Å². The molecule has 0 atom stereocenters. The number of carbonyl (C=O) groups excluding carboxylic acids is 1. The van der Waals surface area contributed by atoms with E-state index in [1.807, 2.05) is 47.2 Å². The van der Waals surface area contributed by atoms with E-state index in [1.165, 1.54) is 11.3 Å². The Bertz CT molecular complexity index is 751. The van der Waals surface area contributed by atoms with Gasteiger partial charge in [-0.3, -0.25) is 10.1 Å². The van der Waals surface area contributed by atoms with Crippen molar-refractivity contribution in [3.63, 3.8) is 0 Å². The first kappa shape index (κ1) is 14.0. The van der Waals surface area contributed by atoms with Gasteiger partial charge < -0.3 is 4.57 Å². The minimum absolute atomic E-state index is 0.155. The monoisotopic (exact) mass is 361 g/mol. The highest BCUT2D eigenvalue weighted by Crippen LogP contribution is 2.23. The highest BCUT2D eigenvalue weighted by Gasteiger charge is 2.12. The van der Waals surface area contributed by atoms with Gasteiger partial charge in [0.15, 0.2) is 5.13 Å². The molecule has 106 valence electrons. The molecule has 6 heteroatoms. The molecule has 3 aromatic rings. The summed E-state index contributed by atoms with van der Waals surface area (Å²) in [5, 5.41) is 3.39. The summed E-state index contributed by atoms with van der Waals surface area (Å²) >= 11 is 4.72. The van der Waals surface area contributed by atoms with Crippen LogP contribution in [0.1, 0.15) is 16.1 Å². The standard InChI is InChI=1S/C15H12BrN3OS/c16-13-9-17-15(21-13)18-14(20)12-7-4-8-19(12)10-11-5-2-1-3-6-11/h1-9H,10H2,(H,17,18,20). The first-order valence-electron chi connectivity index (χ1n) is 6.34. The molecule has 2 aromatic heterocycles. The highest BCUT2D eigenvalue weighted by atomic mass is 79.9. The number of rotatable bonds is 4. The van der Waals surface area contributed by atoms with E-state index in [4.69, 9.17) is 0 Å². The van der Waals surface area contributed by atoms with Crippen molar-refractivity contribution < 1.29 is 4.79 Å². The summed E-state index contributed by atoms with van der Waals surface area (Å²) < 4.78 is 2.81. The van der Waals surface area contributed by atoms with Crippen molar-refractivity contribution in [2.24, 2.45) is 0 Å². The van der Waals surface area contributed by atoms with E-state index in [2.05, 4.69) is 26.2 Å². The molecule has 1 N–H and O–H groups in total. The summed E-state index contributed by atoms with van der Waals surface area (Å²) in [7, 11) is 0. The number of hydrogen-bond acceptors (Lipinski definition) is 3. The third kappa shape index (κ3) is 3.40. The van der Waals surface area contributed by atoms with E-state index in [-0.39, 0.29) is 5.91 Å². The van der Waals surface area contributed by atoms with Gasteiger partial charge in [-0.15, -0.1) is 0 Å². The average molecular weight is 362 g/mol. The van der Waals surface area contributed by atoms with E-state index in [1.54, 1.807) is 12.3 Å². The van der Waals surface area contributed by atoms with Crippen molar-refractivity contribution in [2.75, 3.05) is 5.32 Å². The lowest BCUT2D eigenvalue weighted by Crippen LogP contribution is -2.17. The first-order valence-corrected chi connectivity index (χ1v) is 7.95. The number of halogens is 1. The summed E-state index contributed by atoms with van der Waals surface area (Å²) in [6, 6.07) is 13.7. The van der Waals surface area contributed by atoms with Crippen LogP contribution in [-0.4, -0.2) is 15.5 Å². The van der Waals surface area contributed by atoms with Crippen molar-refractivity contribution in [3.8, 4) is 0 Å². The molecule has 0 aliphatic heterocycles. The van der Waals surface area contributed by atoms with Crippen molar-refractivity contribution in [1.82, 2.24) is 9.55 Å². The molecule has 0 spiro atoms. The molecule has 0 aliphatic rings. The lowest BCUT2D eigenvalue weighted by atomic mass is 10.2. The molecule has 21 heavy (non-hydrogen) atoms. The number of amides is 1. The predicted molar refractivity (Wildman–Crippen MR) is 87.7 cm³/mol. The van der Waals surface area contributed by atoms with Crippen LogP contribution in [0.15, 0.2) is 58.6 Å². The zero-order valence-electron chi connectivity index (χ0n) is 11.0. The van der Waals surface area contributed by atoms with Gasteiger partial charge in [-0.25, -0.2) is 4.98 Å². The second kappa shape index (κ2) is 6.24. The molecule has 2 heterocycles. The molecule has 0 saturated carbocycles. The van der Waals surface area contributed by atoms with E-state index in [0.29, 0.717) is 17.4 Å². The first-order chi connectivity index (χ1) is 10.2. The minimum Gasteiger partial charge on any atom is -0.339 e. The quantitative estimate of drug-likeness (QED) is 0.762. The molecule has 3 rings (SSSR count). The fourth-order valence-corrected chi connectivity index (χ4v) is 3.11. The second-order valence-corrected chi connectivity index (χ2v) is 6.84. The minimum atomic E-state index is -0.155. The predicted octanol–water partition coefficient (Wildman–Crippen LogP) is 4.01. The van der Waals surface area contributed by atoms with Gasteiger partial charge in [0, 0.05) is 12.7 Å². The van der Waals surface area contributed by atoms with Crippen LogP contribution in [0.4, 0.5) is 5.13 Å². The second-order valence-electron chi connectivity index (χ2n) is 4.43. The molecule has 0 unspecified atom stereocenters. The summed E-state index contributed by atoms with van der Waals surface area (Å²) in [4.78, 5) is 16.4. The lowest BCUT2D eigenvalue weighted by molar-refractivity contribution is 0.101. The summed E-state index contributed by atoms with van der Waals surface area (Å²) in [6.45, 7) is 0.665. The lowest BCUT2D eigenvalue weighted by Gasteiger charge is -2.08. The molecule has 0 saturated heterocycles. The van der Waals surface area contributed by atoms with Gasteiger partial charge in [-0.2, -0.15) is 0 Å². The molecule has 1 aromatic carbocycles. The van der Waals surface area contributed by atoms with Crippen molar-refractivity contribution in [1.29, 1.82) is 0 Å². The summed E-state index contributed by atoms with van der Waals surface area (Å²) in [5.41, 5.74) is 1.77. The van der Waals surface area contributed by atoms with E-state index < -0.39 is 0 Å². The van der Waals surface area contributed by atoms with Crippen LogP contribution in [-0.2, 0) is 6.54 Å². The number of thiazole rings is 1. The molecular formula is C15H12BrN3OS. The smallest absolute Gasteiger partial charge is 0.274 e. The third-order valence-electron chi connectivity index (χ3n) is 2.96. The molecule has 0 fully saturated rings. The molecule has 0 aliphatic carbocycles. The SMILES string of the molecule is O=C(Nc1ncc(Br)s1)c1cccn1Cc1ccccc1. The Kier molecular flexibility index (Phi) is 4.17. The normalized spacial score (nSPS) is 10.5. The van der Waals surface area contributed by atoms with Gasteiger partial charge in [0.05, 0.1) is 9.98 Å².